The number of hydrogen-bond donors (Lipinski definition) is 1. The molecule has 11 heavy (non-hydrogen) atoms. The van der Waals surface area contributed by atoms with E-state index in [1.54, 1.807) is 7.05 Å². The molecule has 1 N–H and O–H groups in total. The van der Waals surface area contributed by atoms with Gasteiger partial charge < -0.3 is 10.1 Å². The fourth-order valence-electron chi connectivity index (χ4n) is 1.13. The van der Waals surface area contributed by atoms with Crippen LogP contribution < -0.4 is 5.32 Å². The molecule has 0 aromatic carbocycles. The van der Waals surface area contributed by atoms with E-state index in [-0.39, 0.29) is 6.10 Å². The molecule has 0 saturated heterocycles. The van der Waals surface area contributed by atoms with Gasteiger partial charge in [0.15, 0.2) is 0 Å². The number of hydrogen-bond acceptors (Lipinski definition) is 2. The van der Waals surface area contributed by atoms with Gasteiger partial charge in [-0.05, 0) is 25.8 Å². The molecule has 1 unspecified atom stereocenters. The molecule has 0 bridgehead atoms. The first-order valence-electron chi connectivity index (χ1n) is 3.82. The summed E-state index contributed by atoms with van der Waals surface area (Å²) in [6, 6.07) is 0. The van der Waals surface area contributed by atoms with Gasteiger partial charge >= 0.3 is 6.61 Å². The molecule has 0 heterocycles. The van der Waals surface area contributed by atoms with Crippen molar-refractivity contribution >= 4 is 0 Å². The minimum atomic E-state index is -2.63. The maximum Gasteiger partial charge on any atom is 0.345 e. The minimum absolute atomic E-state index is 0.292. The minimum Gasteiger partial charge on any atom is -0.318 e. The molecule has 0 amide bonds. The van der Waals surface area contributed by atoms with Crippen LogP contribution in [0.4, 0.5) is 8.78 Å². The second-order valence-corrected chi connectivity index (χ2v) is 2.83. The maximum atomic E-state index is 11.7. The quantitative estimate of drug-likeness (QED) is 0.661. The predicted molar refractivity (Wildman–Crippen MR) is 37.5 cm³/mol. The van der Waals surface area contributed by atoms with Gasteiger partial charge in [0.2, 0.25) is 0 Å². The first kappa shape index (κ1) is 8.87. The van der Waals surface area contributed by atoms with Crippen LogP contribution in [0.1, 0.15) is 12.8 Å². The molecule has 0 spiro atoms. The maximum absolute atomic E-state index is 11.7. The van der Waals surface area contributed by atoms with Crippen molar-refractivity contribution in [3.63, 3.8) is 0 Å². The number of rotatable bonds is 5. The summed E-state index contributed by atoms with van der Waals surface area (Å²) in [7, 11) is 1.74. The van der Waals surface area contributed by atoms with Crippen molar-refractivity contribution in [2.75, 3.05) is 13.6 Å². The van der Waals surface area contributed by atoms with Crippen molar-refractivity contribution in [1.29, 1.82) is 0 Å². The van der Waals surface area contributed by atoms with Crippen LogP contribution in [0.3, 0.4) is 0 Å². The van der Waals surface area contributed by atoms with Gasteiger partial charge in [0.05, 0.1) is 6.10 Å². The van der Waals surface area contributed by atoms with E-state index in [0.29, 0.717) is 12.5 Å². The van der Waals surface area contributed by atoms with Gasteiger partial charge in [0.25, 0.3) is 0 Å². The van der Waals surface area contributed by atoms with Crippen molar-refractivity contribution in [1.82, 2.24) is 5.32 Å². The molecule has 66 valence electrons. The number of alkyl halides is 2. The van der Waals surface area contributed by atoms with Gasteiger partial charge in [-0.2, -0.15) is 8.78 Å². The van der Waals surface area contributed by atoms with E-state index < -0.39 is 6.61 Å². The van der Waals surface area contributed by atoms with Crippen molar-refractivity contribution in [3.8, 4) is 0 Å². The molecule has 0 aromatic rings. The largest absolute Gasteiger partial charge is 0.345 e. The average molecular weight is 165 g/mol. The molecular weight excluding hydrogens is 152 g/mol. The predicted octanol–water partition coefficient (Wildman–Crippen LogP) is 1.22. The molecule has 1 aliphatic rings. The molecule has 0 aliphatic heterocycles. The standard InChI is InChI=1S/C7H13F2NO/c1-10-4-6(5-2-3-5)11-7(8)9/h5-7,10H,2-4H2,1H3. The van der Waals surface area contributed by atoms with Crippen LogP contribution in [0.2, 0.25) is 0 Å². The van der Waals surface area contributed by atoms with Gasteiger partial charge in [-0.1, -0.05) is 0 Å². The Morgan fingerprint density at radius 2 is 2.18 bits per heavy atom. The van der Waals surface area contributed by atoms with Gasteiger partial charge in [-0.25, -0.2) is 0 Å². The topological polar surface area (TPSA) is 21.3 Å². The van der Waals surface area contributed by atoms with E-state index in [2.05, 4.69) is 10.1 Å². The summed E-state index contributed by atoms with van der Waals surface area (Å²) in [5.74, 6) is 0.358. The molecule has 1 rings (SSSR count). The van der Waals surface area contributed by atoms with Gasteiger partial charge in [0, 0.05) is 6.54 Å². The van der Waals surface area contributed by atoms with Crippen LogP contribution in [0, 0.1) is 5.92 Å². The first-order valence-corrected chi connectivity index (χ1v) is 3.82. The van der Waals surface area contributed by atoms with E-state index in [1.807, 2.05) is 0 Å². The van der Waals surface area contributed by atoms with Crippen LogP contribution in [0.25, 0.3) is 0 Å². The van der Waals surface area contributed by atoms with Crippen LogP contribution in [0.5, 0.6) is 0 Å². The van der Waals surface area contributed by atoms with Gasteiger partial charge in [-0.3, -0.25) is 0 Å². The highest BCUT2D eigenvalue weighted by Gasteiger charge is 2.33. The van der Waals surface area contributed by atoms with E-state index in [4.69, 9.17) is 0 Å². The molecule has 1 aliphatic carbocycles. The van der Waals surface area contributed by atoms with Crippen molar-refractivity contribution < 1.29 is 13.5 Å². The lowest BCUT2D eigenvalue weighted by Crippen LogP contribution is -2.30. The fraction of sp³-hybridized carbons (Fsp3) is 1.00. The molecule has 1 saturated carbocycles. The summed E-state index contributed by atoms with van der Waals surface area (Å²) < 4.78 is 27.9. The van der Waals surface area contributed by atoms with E-state index >= 15 is 0 Å². The zero-order chi connectivity index (χ0) is 8.27. The average Bonchev–Trinajstić information content (AvgIpc) is 2.66. The molecule has 2 nitrogen and oxygen atoms in total. The van der Waals surface area contributed by atoms with Crippen molar-refractivity contribution in [2.24, 2.45) is 5.92 Å². The van der Waals surface area contributed by atoms with E-state index in [1.165, 1.54) is 0 Å². The highest BCUT2D eigenvalue weighted by Crippen LogP contribution is 2.34. The third-order valence-corrected chi connectivity index (χ3v) is 1.83. The zero-order valence-corrected chi connectivity index (χ0v) is 6.52. The Hall–Kier alpha value is -0.220. The summed E-state index contributed by atoms with van der Waals surface area (Å²) in [5, 5.41) is 2.84. The third-order valence-electron chi connectivity index (χ3n) is 1.83. The Morgan fingerprint density at radius 1 is 1.55 bits per heavy atom. The lowest BCUT2D eigenvalue weighted by atomic mass is 10.2. The molecule has 0 radical (unpaired) electrons. The number of halogens is 2. The lowest BCUT2D eigenvalue weighted by Gasteiger charge is -2.15. The van der Waals surface area contributed by atoms with Crippen LogP contribution in [-0.4, -0.2) is 26.3 Å². The normalized spacial score (nSPS) is 20.7. The highest BCUT2D eigenvalue weighted by atomic mass is 19.3. The molecule has 4 heteroatoms. The van der Waals surface area contributed by atoms with Crippen LogP contribution >= 0.6 is 0 Å². The Kier molecular flexibility index (Phi) is 3.20. The Morgan fingerprint density at radius 3 is 2.55 bits per heavy atom. The van der Waals surface area contributed by atoms with Gasteiger partial charge in [-0.15, -0.1) is 0 Å². The molecule has 0 aromatic heterocycles. The molecular formula is C7H13F2NO. The van der Waals surface area contributed by atoms with Crippen LogP contribution in [-0.2, 0) is 4.74 Å². The zero-order valence-electron chi connectivity index (χ0n) is 6.52. The summed E-state index contributed by atoms with van der Waals surface area (Å²) in [6.45, 7) is -2.11. The Labute approximate surface area is 64.9 Å². The monoisotopic (exact) mass is 165 g/mol. The molecule has 1 atom stereocenters. The smallest absolute Gasteiger partial charge is 0.318 e. The summed E-state index contributed by atoms with van der Waals surface area (Å²) in [6.07, 6.45) is 1.76. The fourth-order valence-corrected chi connectivity index (χ4v) is 1.13. The number of ether oxygens (including phenoxy) is 1. The lowest BCUT2D eigenvalue weighted by molar-refractivity contribution is -0.166. The highest BCUT2D eigenvalue weighted by molar-refractivity contribution is 4.83. The molecule has 1 fully saturated rings. The summed E-state index contributed by atoms with van der Waals surface area (Å²) in [5.41, 5.74) is 0. The van der Waals surface area contributed by atoms with E-state index in [9.17, 15) is 8.78 Å². The van der Waals surface area contributed by atoms with Gasteiger partial charge in [0.1, 0.15) is 0 Å². The number of nitrogens with one attached hydrogen (secondary N) is 1. The van der Waals surface area contributed by atoms with Crippen LogP contribution in [0.15, 0.2) is 0 Å². The second-order valence-electron chi connectivity index (χ2n) is 2.83. The van der Waals surface area contributed by atoms with Crippen molar-refractivity contribution in [3.05, 3.63) is 0 Å². The SMILES string of the molecule is CNCC(OC(F)F)C1CC1. The Balaban J connectivity index is 2.20. The van der Waals surface area contributed by atoms with E-state index in [0.717, 1.165) is 12.8 Å². The summed E-state index contributed by atoms with van der Waals surface area (Å²) >= 11 is 0. The first-order chi connectivity index (χ1) is 5.24. The second kappa shape index (κ2) is 3.97. The number of likely N-dealkylation sites (N-methyl/N-ethyl adjacent to an activating group) is 1. The third kappa shape index (κ3) is 3.12. The van der Waals surface area contributed by atoms with Crippen molar-refractivity contribution in [2.45, 2.75) is 25.6 Å². The summed E-state index contributed by atoms with van der Waals surface area (Å²) in [4.78, 5) is 0. The Bertz CT molecular complexity index is 117.